The second kappa shape index (κ2) is 10.2. The number of amides is 2. The van der Waals surface area contributed by atoms with Crippen molar-refractivity contribution in [2.75, 3.05) is 53.0 Å². The summed E-state index contributed by atoms with van der Waals surface area (Å²) in [7, 11) is 1.43. The van der Waals surface area contributed by atoms with Crippen LogP contribution in [0.5, 0.6) is 11.5 Å². The number of nitrogens with one attached hydrogen (secondary N) is 2. The van der Waals surface area contributed by atoms with Crippen molar-refractivity contribution < 1.29 is 19.1 Å². The topological polar surface area (TPSA) is 106 Å². The summed E-state index contributed by atoms with van der Waals surface area (Å²) in [6, 6.07) is 3.00. The number of carbonyl (C=O) groups is 2. The van der Waals surface area contributed by atoms with Crippen molar-refractivity contribution in [2.24, 2.45) is 5.73 Å². The molecule has 9 heteroatoms. The van der Waals surface area contributed by atoms with Gasteiger partial charge in [-0.05, 0) is 25.1 Å². The first-order valence-corrected chi connectivity index (χ1v) is 8.89. The van der Waals surface area contributed by atoms with Gasteiger partial charge in [-0.25, -0.2) is 0 Å². The van der Waals surface area contributed by atoms with Crippen LogP contribution in [0.1, 0.15) is 16.8 Å². The quantitative estimate of drug-likeness (QED) is 0.526. The lowest BCUT2D eigenvalue weighted by molar-refractivity contribution is -0.119. The first-order chi connectivity index (χ1) is 12.5. The van der Waals surface area contributed by atoms with Gasteiger partial charge in [-0.15, -0.1) is 0 Å². The molecule has 1 aliphatic rings. The highest BCUT2D eigenvalue weighted by molar-refractivity contribution is 6.32. The Labute approximate surface area is 157 Å². The maximum atomic E-state index is 12.3. The van der Waals surface area contributed by atoms with Gasteiger partial charge in [-0.3, -0.25) is 9.59 Å². The van der Waals surface area contributed by atoms with Gasteiger partial charge in [-0.2, -0.15) is 0 Å². The molecule has 8 nitrogen and oxygen atoms in total. The van der Waals surface area contributed by atoms with Crippen LogP contribution >= 0.6 is 11.6 Å². The van der Waals surface area contributed by atoms with Gasteiger partial charge in [0.25, 0.3) is 11.8 Å². The van der Waals surface area contributed by atoms with E-state index in [1.54, 1.807) is 0 Å². The van der Waals surface area contributed by atoms with Gasteiger partial charge in [0.1, 0.15) is 0 Å². The van der Waals surface area contributed by atoms with E-state index in [9.17, 15) is 9.59 Å². The molecule has 1 aliphatic heterocycles. The molecule has 26 heavy (non-hydrogen) atoms. The summed E-state index contributed by atoms with van der Waals surface area (Å²) >= 11 is 6.15. The number of rotatable bonds is 9. The molecule has 0 radical (unpaired) electrons. The number of halogens is 1. The fourth-order valence-electron chi connectivity index (χ4n) is 2.68. The summed E-state index contributed by atoms with van der Waals surface area (Å²) in [5, 5.41) is 6.36. The molecule has 0 spiro atoms. The molecule has 144 valence electrons. The Bertz CT molecular complexity index is 635. The number of piperazine rings is 1. The monoisotopic (exact) mass is 384 g/mol. The molecule has 0 bridgehead atoms. The number of hydrogen-bond donors (Lipinski definition) is 3. The number of ether oxygens (including phenoxy) is 2. The minimum atomic E-state index is -0.630. The van der Waals surface area contributed by atoms with Gasteiger partial charge in [0.05, 0.1) is 12.1 Å². The first-order valence-electron chi connectivity index (χ1n) is 8.51. The number of nitrogens with zero attached hydrogens (tertiary/aromatic N) is 1. The van der Waals surface area contributed by atoms with Gasteiger partial charge in [-0.1, -0.05) is 11.6 Å². The number of primary amides is 1. The number of hydrogen-bond acceptors (Lipinski definition) is 6. The fraction of sp³-hybridized carbons (Fsp3) is 0.529. The summed E-state index contributed by atoms with van der Waals surface area (Å²) in [6.45, 7) is 5.28. The largest absolute Gasteiger partial charge is 0.493 e. The number of carbonyl (C=O) groups excluding carboxylic acids is 2. The van der Waals surface area contributed by atoms with Crippen LogP contribution < -0.4 is 25.8 Å². The molecule has 4 N–H and O–H groups in total. The van der Waals surface area contributed by atoms with Gasteiger partial charge in [0.2, 0.25) is 0 Å². The molecule has 1 heterocycles. The molecule has 1 saturated heterocycles. The van der Waals surface area contributed by atoms with E-state index in [1.165, 1.54) is 19.2 Å². The lowest BCUT2D eigenvalue weighted by atomic mass is 10.2. The summed E-state index contributed by atoms with van der Waals surface area (Å²) in [4.78, 5) is 25.6. The van der Waals surface area contributed by atoms with Crippen LogP contribution in [0.2, 0.25) is 5.02 Å². The van der Waals surface area contributed by atoms with E-state index in [-0.39, 0.29) is 29.0 Å². The minimum absolute atomic E-state index is 0.177. The van der Waals surface area contributed by atoms with E-state index in [4.69, 9.17) is 26.8 Å². The molecule has 0 unspecified atom stereocenters. The first kappa shape index (κ1) is 20.3. The zero-order chi connectivity index (χ0) is 18.9. The Morgan fingerprint density at radius 3 is 2.73 bits per heavy atom. The smallest absolute Gasteiger partial charge is 0.255 e. The molecular weight excluding hydrogens is 360 g/mol. The fourth-order valence-corrected chi connectivity index (χ4v) is 2.94. The lowest BCUT2D eigenvalue weighted by Gasteiger charge is -2.27. The highest BCUT2D eigenvalue weighted by Crippen LogP contribution is 2.36. The van der Waals surface area contributed by atoms with Gasteiger partial charge < -0.3 is 30.7 Å². The summed E-state index contributed by atoms with van der Waals surface area (Å²) < 4.78 is 10.4. The van der Waals surface area contributed by atoms with Crippen LogP contribution in [0, 0.1) is 0 Å². The SMILES string of the molecule is COc1cc(C(=O)NCCCN2CCNCC2)cc(Cl)c1OCC(N)=O. The average Bonchev–Trinajstić information content (AvgIpc) is 2.64. The van der Waals surface area contributed by atoms with Crippen LogP contribution in [0.4, 0.5) is 0 Å². The van der Waals surface area contributed by atoms with E-state index in [2.05, 4.69) is 15.5 Å². The van der Waals surface area contributed by atoms with Gasteiger partial charge in [0.15, 0.2) is 18.1 Å². The number of nitrogens with two attached hydrogens (primary N) is 1. The molecule has 0 saturated carbocycles. The number of benzene rings is 1. The zero-order valence-corrected chi connectivity index (χ0v) is 15.6. The Kier molecular flexibility index (Phi) is 7.96. The molecular formula is C17H25ClN4O4. The molecule has 0 atom stereocenters. The summed E-state index contributed by atoms with van der Waals surface area (Å²) in [5.74, 6) is -0.422. The van der Waals surface area contributed by atoms with Crippen LogP contribution in [-0.4, -0.2) is 69.7 Å². The molecule has 2 rings (SSSR count). The second-order valence-electron chi connectivity index (χ2n) is 5.95. The zero-order valence-electron chi connectivity index (χ0n) is 14.8. The molecule has 1 aromatic carbocycles. The van der Waals surface area contributed by atoms with Crippen molar-refractivity contribution >= 4 is 23.4 Å². The highest BCUT2D eigenvalue weighted by Gasteiger charge is 2.16. The Morgan fingerprint density at radius 2 is 2.08 bits per heavy atom. The molecule has 2 amide bonds. The Hall–Kier alpha value is -2.03. The van der Waals surface area contributed by atoms with Crippen molar-refractivity contribution in [3.8, 4) is 11.5 Å². The number of methoxy groups -OCH3 is 1. The van der Waals surface area contributed by atoms with E-state index in [1.807, 2.05) is 0 Å². The third-order valence-electron chi connectivity index (χ3n) is 4.00. The Balaban J connectivity index is 1.89. The van der Waals surface area contributed by atoms with Gasteiger partial charge >= 0.3 is 0 Å². The van der Waals surface area contributed by atoms with Crippen LogP contribution in [0.3, 0.4) is 0 Å². The predicted octanol–water partition coefficient (Wildman–Crippen LogP) is 0.238. The van der Waals surface area contributed by atoms with E-state index < -0.39 is 5.91 Å². The van der Waals surface area contributed by atoms with Gasteiger partial charge in [0, 0.05) is 38.3 Å². The maximum Gasteiger partial charge on any atom is 0.255 e. The lowest BCUT2D eigenvalue weighted by Crippen LogP contribution is -2.44. The van der Waals surface area contributed by atoms with Crippen molar-refractivity contribution in [1.82, 2.24) is 15.5 Å². The molecule has 1 aromatic rings. The van der Waals surface area contributed by atoms with Crippen molar-refractivity contribution in [1.29, 1.82) is 0 Å². The molecule has 0 aromatic heterocycles. The van der Waals surface area contributed by atoms with Crippen LogP contribution in [-0.2, 0) is 4.79 Å². The van der Waals surface area contributed by atoms with E-state index >= 15 is 0 Å². The third kappa shape index (κ3) is 6.05. The van der Waals surface area contributed by atoms with Crippen molar-refractivity contribution in [2.45, 2.75) is 6.42 Å². The maximum absolute atomic E-state index is 12.3. The normalized spacial score (nSPS) is 14.7. The minimum Gasteiger partial charge on any atom is -0.493 e. The average molecular weight is 385 g/mol. The molecule has 0 aliphatic carbocycles. The van der Waals surface area contributed by atoms with Crippen LogP contribution in [0.25, 0.3) is 0 Å². The predicted molar refractivity (Wildman–Crippen MR) is 99.0 cm³/mol. The standard InChI is InChI=1S/C17H25ClN4O4/c1-25-14-10-12(9-13(18)16(14)26-11-15(19)23)17(24)21-3-2-6-22-7-4-20-5-8-22/h9-10,20H,2-8,11H2,1H3,(H2,19,23)(H,21,24). The van der Waals surface area contributed by atoms with E-state index in [0.717, 1.165) is 39.1 Å². The molecule has 1 fully saturated rings. The van der Waals surface area contributed by atoms with Crippen molar-refractivity contribution in [3.05, 3.63) is 22.7 Å². The summed E-state index contributed by atoms with van der Waals surface area (Å²) in [5.41, 5.74) is 5.42. The van der Waals surface area contributed by atoms with E-state index in [0.29, 0.717) is 12.1 Å². The second-order valence-corrected chi connectivity index (χ2v) is 6.35. The van der Waals surface area contributed by atoms with Crippen molar-refractivity contribution in [3.63, 3.8) is 0 Å². The van der Waals surface area contributed by atoms with Crippen LogP contribution in [0.15, 0.2) is 12.1 Å². The summed E-state index contributed by atoms with van der Waals surface area (Å²) in [6.07, 6.45) is 0.871. The third-order valence-corrected chi connectivity index (χ3v) is 4.28. The highest BCUT2D eigenvalue weighted by atomic mass is 35.5. The Morgan fingerprint density at radius 1 is 1.35 bits per heavy atom.